The van der Waals surface area contributed by atoms with Crippen LogP contribution in [0.15, 0.2) is 36.5 Å². The molecule has 1 aliphatic carbocycles. The second kappa shape index (κ2) is 5.93. The highest BCUT2D eigenvalue weighted by atomic mass is 15.2. The normalized spacial score (nSPS) is 24.8. The lowest BCUT2D eigenvalue weighted by molar-refractivity contribution is 0.275. The molecular weight excluding hydrogens is 292 g/mol. The van der Waals surface area contributed by atoms with Gasteiger partial charge in [0.2, 0.25) is 0 Å². The van der Waals surface area contributed by atoms with Crippen LogP contribution in [-0.4, -0.2) is 29.0 Å². The number of fused-ring (bicyclic) bond motifs is 2. The number of aromatic amines is 1. The number of rotatable bonds is 2. The summed E-state index contributed by atoms with van der Waals surface area (Å²) >= 11 is 0. The molecule has 1 N–H and O–H groups in total. The molecule has 1 fully saturated rings. The van der Waals surface area contributed by atoms with Gasteiger partial charge in [-0.15, -0.1) is 0 Å². The fourth-order valence-electron chi connectivity index (χ4n) is 4.84. The lowest BCUT2D eigenvalue weighted by atomic mass is 9.90. The highest BCUT2D eigenvalue weighted by molar-refractivity contribution is 5.95. The standard InChI is InChI=1S/C22H26N2/c1-2-5-16(6-3-1)17-8-9-22-20(14-17)21(15-23-22)18-10-12-24-11-4-7-19(24)13-18/h5,8-10,14-15,19,23H,1-4,6-7,11-13H2/t19-/m1/s1. The average Bonchev–Trinajstić information content (AvgIpc) is 3.27. The smallest absolute Gasteiger partial charge is 0.0460 e. The zero-order chi connectivity index (χ0) is 15.9. The number of aromatic nitrogens is 1. The topological polar surface area (TPSA) is 19.0 Å². The van der Waals surface area contributed by atoms with Gasteiger partial charge in [0.1, 0.15) is 0 Å². The minimum atomic E-state index is 0.777. The van der Waals surface area contributed by atoms with Gasteiger partial charge in [0.25, 0.3) is 0 Å². The summed E-state index contributed by atoms with van der Waals surface area (Å²) in [7, 11) is 0. The van der Waals surface area contributed by atoms with Crippen molar-refractivity contribution in [2.24, 2.45) is 0 Å². The maximum absolute atomic E-state index is 3.50. The predicted molar refractivity (Wildman–Crippen MR) is 102 cm³/mol. The van der Waals surface area contributed by atoms with Crippen molar-refractivity contribution in [3.05, 3.63) is 47.7 Å². The third kappa shape index (κ3) is 2.44. The maximum atomic E-state index is 3.50. The molecule has 2 nitrogen and oxygen atoms in total. The van der Waals surface area contributed by atoms with E-state index in [0.29, 0.717) is 0 Å². The third-order valence-electron chi connectivity index (χ3n) is 6.22. The van der Waals surface area contributed by atoms with Crippen molar-refractivity contribution in [2.75, 3.05) is 13.1 Å². The van der Waals surface area contributed by atoms with Crippen molar-refractivity contribution in [3.8, 4) is 0 Å². The molecule has 0 radical (unpaired) electrons. The fraction of sp³-hybridized carbons (Fsp3) is 0.455. The van der Waals surface area contributed by atoms with E-state index in [1.54, 1.807) is 11.1 Å². The van der Waals surface area contributed by atoms with Gasteiger partial charge in [0, 0.05) is 35.2 Å². The van der Waals surface area contributed by atoms with Gasteiger partial charge >= 0.3 is 0 Å². The molecule has 0 amide bonds. The van der Waals surface area contributed by atoms with E-state index in [2.05, 4.69) is 46.4 Å². The minimum Gasteiger partial charge on any atom is -0.361 e. The zero-order valence-corrected chi connectivity index (χ0v) is 14.4. The summed E-state index contributed by atoms with van der Waals surface area (Å²) in [5, 5.41) is 1.41. The maximum Gasteiger partial charge on any atom is 0.0460 e. The Balaban J connectivity index is 1.53. The van der Waals surface area contributed by atoms with Crippen LogP contribution in [-0.2, 0) is 0 Å². The van der Waals surface area contributed by atoms with Gasteiger partial charge in [-0.2, -0.15) is 0 Å². The molecule has 0 saturated carbocycles. The Hall–Kier alpha value is -1.80. The first kappa shape index (κ1) is 14.5. The number of H-pyrrole nitrogens is 1. The van der Waals surface area contributed by atoms with E-state index >= 15 is 0 Å². The van der Waals surface area contributed by atoms with E-state index in [-0.39, 0.29) is 0 Å². The fourth-order valence-corrected chi connectivity index (χ4v) is 4.84. The van der Waals surface area contributed by atoms with Crippen LogP contribution in [0.2, 0.25) is 0 Å². The summed E-state index contributed by atoms with van der Waals surface area (Å²) < 4.78 is 0. The zero-order valence-electron chi connectivity index (χ0n) is 14.4. The molecule has 0 spiro atoms. The Morgan fingerprint density at radius 2 is 2.04 bits per heavy atom. The summed E-state index contributed by atoms with van der Waals surface area (Å²) in [6, 6.07) is 7.78. The minimum absolute atomic E-state index is 0.777. The van der Waals surface area contributed by atoms with Gasteiger partial charge in [0.05, 0.1) is 0 Å². The first-order valence-electron chi connectivity index (χ1n) is 9.62. The number of benzene rings is 1. The number of allylic oxidation sites excluding steroid dienone is 2. The summed E-state index contributed by atoms with van der Waals surface area (Å²) in [6.45, 7) is 2.43. The quantitative estimate of drug-likeness (QED) is 0.788. The van der Waals surface area contributed by atoms with E-state index < -0.39 is 0 Å². The first-order chi connectivity index (χ1) is 11.9. The largest absolute Gasteiger partial charge is 0.361 e. The Bertz CT molecular complexity index is 824. The second-order valence-electron chi connectivity index (χ2n) is 7.66. The third-order valence-corrected chi connectivity index (χ3v) is 6.22. The van der Waals surface area contributed by atoms with E-state index in [1.165, 1.54) is 73.5 Å². The Morgan fingerprint density at radius 1 is 1.04 bits per heavy atom. The average molecular weight is 318 g/mol. The molecule has 3 aliphatic rings. The Kier molecular flexibility index (Phi) is 3.59. The summed E-state index contributed by atoms with van der Waals surface area (Å²) in [4.78, 5) is 6.15. The van der Waals surface area contributed by atoms with Gasteiger partial charge < -0.3 is 4.98 Å². The van der Waals surface area contributed by atoms with Gasteiger partial charge in [-0.3, -0.25) is 4.90 Å². The highest BCUT2D eigenvalue weighted by Crippen LogP contribution is 2.36. The van der Waals surface area contributed by atoms with Crippen molar-refractivity contribution >= 4 is 22.0 Å². The molecule has 5 rings (SSSR count). The van der Waals surface area contributed by atoms with Crippen molar-refractivity contribution in [1.29, 1.82) is 0 Å². The van der Waals surface area contributed by atoms with Crippen molar-refractivity contribution in [1.82, 2.24) is 9.88 Å². The SMILES string of the molecule is C1=C(c2ccc3[nH]cc(C4=CCN5CCC[C@@H]5C4)c3c2)CCCC1. The Labute approximate surface area is 144 Å². The molecule has 2 heteroatoms. The number of hydrogen-bond acceptors (Lipinski definition) is 1. The molecule has 2 aliphatic heterocycles. The van der Waals surface area contributed by atoms with Crippen LogP contribution >= 0.6 is 0 Å². The monoisotopic (exact) mass is 318 g/mol. The molecule has 0 bridgehead atoms. The van der Waals surface area contributed by atoms with Crippen LogP contribution in [0.1, 0.15) is 56.1 Å². The van der Waals surface area contributed by atoms with E-state index in [1.807, 2.05) is 0 Å². The van der Waals surface area contributed by atoms with Crippen molar-refractivity contribution < 1.29 is 0 Å². The Morgan fingerprint density at radius 3 is 2.96 bits per heavy atom. The van der Waals surface area contributed by atoms with E-state index in [9.17, 15) is 0 Å². The van der Waals surface area contributed by atoms with E-state index in [0.717, 1.165) is 12.6 Å². The molecular formula is C22H26N2. The van der Waals surface area contributed by atoms with Crippen LogP contribution in [0.5, 0.6) is 0 Å². The molecule has 3 heterocycles. The van der Waals surface area contributed by atoms with E-state index in [4.69, 9.17) is 0 Å². The van der Waals surface area contributed by atoms with Gasteiger partial charge in [0.15, 0.2) is 0 Å². The van der Waals surface area contributed by atoms with Crippen LogP contribution in [0.25, 0.3) is 22.0 Å². The van der Waals surface area contributed by atoms with Crippen molar-refractivity contribution in [2.45, 2.75) is 51.0 Å². The summed E-state index contributed by atoms with van der Waals surface area (Å²) in [5.41, 5.74) is 7.26. The predicted octanol–water partition coefficient (Wildman–Crippen LogP) is 5.38. The lowest BCUT2D eigenvalue weighted by Gasteiger charge is -2.29. The van der Waals surface area contributed by atoms with Gasteiger partial charge in [-0.05, 0) is 80.3 Å². The first-order valence-corrected chi connectivity index (χ1v) is 9.62. The molecule has 1 saturated heterocycles. The van der Waals surface area contributed by atoms with Crippen LogP contribution in [0, 0.1) is 0 Å². The van der Waals surface area contributed by atoms with Crippen LogP contribution in [0.4, 0.5) is 0 Å². The highest BCUT2D eigenvalue weighted by Gasteiger charge is 2.28. The van der Waals surface area contributed by atoms with Gasteiger partial charge in [-0.1, -0.05) is 18.2 Å². The second-order valence-corrected chi connectivity index (χ2v) is 7.66. The molecule has 1 atom stereocenters. The number of hydrogen-bond donors (Lipinski definition) is 1. The molecule has 2 aromatic rings. The molecule has 0 unspecified atom stereocenters. The number of nitrogens with one attached hydrogen (secondary N) is 1. The molecule has 24 heavy (non-hydrogen) atoms. The molecule has 124 valence electrons. The van der Waals surface area contributed by atoms with Crippen molar-refractivity contribution in [3.63, 3.8) is 0 Å². The summed E-state index contributed by atoms with van der Waals surface area (Å²) in [6.07, 6.45) is 16.3. The molecule has 1 aromatic carbocycles. The molecule has 1 aromatic heterocycles. The van der Waals surface area contributed by atoms with Crippen LogP contribution in [0.3, 0.4) is 0 Å². The summed E-state index contributed by atoms with van der Waals surface area (Å²) in [5.74, 6) is 0. The van der Waals surface area contributed by atoms with Gasteiger partial charge in [-0.25, -0.2) is 0 Å². The number of nitrogens with zero attached hydrogens (tertiary/aromatic N) is 1. The van der Waals surface area contributed by atoms with Crippen LogP contribution < -0.4 is 0 Å². The lowest BCUT2D eigenvalue weighted by Crippen LogP contribution is -2.32.